The monoisotopic (exact) mass is 374 g/mol. The first-order chi connectivity index (χ1) is 11.8. The Labute approximate surface area is 152 Å². The van der Waals surface area contributed by atoms with E-state index in [9.17, 15) is 13.2 Å². The van der Waals surface area contributed by atoms with Gasteiger partial charge in [0.15, 0.2) is 0 Å². The Morgan fingerprint density at radius 3 is 2.48 bits per heavy atom. The number of hydrogen-bond donors (Lipinski definition) is 1. The third-order valence-corrected chi connectivity index (χ3v) is 7.28. The minimum absolute atomic E-state index is 0.00841. The molecule has 0 aromatic rings. The fourth-order valence-electron chi connectivity index (χ4n) is 3.54. The van der Waals surface area contributed by atoms with Crippen LogP contribution in [0.2, 0.25) is 0 Å². The first kappa shape index (κ1) is 20.6. The van der Waals surface area contributed by atoms with Gasteiger partial charge in [-0.15, -0.1) is 0 Å². The second-order valence-electron chi connectivity index (χ2n) is 7.66. The lowest BCUT2D eigenvalue weighted by Crippen LogP contribution is -2.49. The zero-order chi connectivity index (χ0) is 18.4. The molecule has 2 fully saturated rings. The van der Waals surface area contributed by atoms with Crippen molar-refractivity contribution in [1.29, 1.82) is 0 Å². The highest BCUT2D eigenvalue weighted by atomic mass is 32.2. The van der Waals surface area contributed by atoms with Gasteiger partial charge >= 0.3 is 0 Å². The van der Waals surface area contributed by atoms with Crippen molar-refractivity contribution in [2.24, 2.45) is 11.8 Å². The lowest BCUT2D eigenvalue weighted by molar-refractivity contribution is -0.126. The molecular formula is C17H34N4O3S. The summed E-state index contributed by atoms with van der Waals surface area (Å²) < 4.78 is 27.1. The first-order valence-corrected chi connectivity index (χ1v) is 10.9. The van der Waals surface area contributed by atoms with E-state index in [2.05, 4.69) is 17.1 Å². The molecule has 2 aliphatic heterocycles. The van der Waals surface area contributed by atoms with Crippen LogP contribution in [0.3, 0.4) is 0 Å². The zero-order valence-electron chi connectivity index (χ0n) is 15.9. The summed E-state index contributed by atoms with van der Waals surface area (Å²) in [6.07, 6.45) is 4.98. The molecule has 0 radical (unpaired) electrons. The van der Waals surface area contributed by atoms with E-state index in [4.69, 9.17) is 0 Å². The Hall–Kier alpha value is -0.700. The molecule has 0 aliphatic carbocycles. The number of nitrogens with zero attached hydrogens (tertiary/aromatic N) is 3. The van der Waals surface area contributed by atoms with Crippen molar-refractivity contribution in [3.8, 4) is 0 Å². The molecule has 1 N–H and O–H groups in total. The molecule has 0 saturated carbocycles. The highest BCUT2D eigenvalue weighted by Gasteiger charge is 2.33. The molecular weight excluding hydrogens is 340 g/mol. The van der Waals surface area contributed by atoms with Crippen molar-refractivity contribution < 1.29 is 13.2 Å². The average Bonchev–Trinajstić information content (AvgIpc) is 2.60. The van der Waals surface area contributed by atoms with Gasteiger partial charge in [-0.05, 0) is 57.7 Å². The highest BCUT2D eigenvalue weighted by Crippen LogP contribution is 2.20. The number of carbonyl (C=O) groups is 1. The molecule has 2 saturated heterocycles. The van der Waals surface area contributed by atoms with Gasteiger partial charge in [0.05, 0.1) is 5.92 Å². The molecule has 0 unspecified atom stereocenters. The van der Waals surface area contributed by atoms with Gasteiger partial charge < -0.3 is 10.2 Å². The number of hydrogen-bond acceptors (Lipinski definition) is 4. The quantitative estimate of drug-likeness (QED) is 0.667. The van der Waals surface area contributed by atoms with Crippen LogP contribution >= 0.6 is 0 Å². The molecule has 1 atom stereocenters. The van der Waals surface area contributed by atoms with Crippen LogP contribution in [0.25, 0.3) is 0 Å². The molecule has 0 aromatic heterocycles. The van der Waals surface area contributed by atoms with E-state index < -0.39 is 10.2 Å². The molecule has 146 valence electrons. The minimum Gasteiger partial charge on any atom is -0.356 e. The van der Waals surface area contributed by atoms with E-state index in [0.717, 1.165) is 44.8 Å². The fraction of sp³-hybridized carbons (Fsp3) is 0.941. The Bertz CT molecular complexity index is 530. The predicted octanol–water partition coefficient (Wildman–Crippen LogP) is 0.743. The Morgan fingerprint density at radius 1 is 1.16 bits per heavy atom. The highest BCUT2D eigenvalue weighted by molar-refractivity contribution is 7.86. The van der Waals surface area contributed by atoms with Crippen molar-refractivity contribution >= 4 is 16.1 Å². The van der Waals surface area contributed by atoms with Crippen LogP contribution in [0, 0.1) is 11.8 Å². The van der Waals surface area contributed by atoms with E-state index in [1.165, 1.54) is 35.5 Å². The third kappa shape index (κ3) is 5.91. The molecule has 0 spiro atoms. The lowest BCUT2D eigenvalue weighted by Gasteiger charge is -2.33. The zero-order valence-corrected chi connectivity index (χ0v) is 16.7. The van der Waals surface area contributed by atoms with Crippen molar-refractivity contribution in [2.45, 2.75) is 39.0 Å². The smallest absolute Gasteiger partial charge is 0.281 e. The van der Waals surface area contributed by atoms with Crippen LogP contribution in [0.5, 0.6) is 0 Å². The standard InChI is InChI=1S/C17H34N4O3S/c1-15-7-12-20(13-8-15)10-5-9-18-17(22)16-6-4-11-21(14-16)25(23,24)19(2)3/h15-16H,4-14H2,1-3H3,(H,18,22)/t16-/m1/s1. The molecule has 0 aromatic carbocycles. The molecule has 8 heteroatoms. The van der Waals surface area contributed by atoms with E-state index in [-0.39, 0.29) is 18.4 Å². The number of likely N-dealkylation sites (tertiary alicyclic amines) is 1. The maximum absolute atomic E-state index is 12.4. The molecule has 25 heavy (non-hydrogen) atoms. The Kier molecular flexibility index (Phi) is 7.67. The summed E-state index contributed by atoms with van der Waals surface area (Å²) in [6.45, 7) is 7.11. The van der Waals surface area contributed by atoms with Crippen LogP contribution in [-0.4, -0.2) is 81.2 Å². The van der Waals surface area contributed by atoms with Gasteiger partial charge in [-0.2, -0.15) is 17.0 Å². The molecule has 7 nitrogen and oxygen atoms in total. The van der Waals surface area contributed by atoms with Crippen LogP contribution in [0.15, 0.2) is 0 Å². The van der Waals surface area contributed by atoms with E-state index in [0.29, 0.717) is 13.1 Å². The van der Waals surface area contributed by atoms with E-state index >= 15 is 0 Å². The SMILES string of the molecule is CC1CCN(CCCNC(=O)[C@@H]2CCCN(S(=O)(=O)N(C)C)C2)CC1. The van der Waals surface area contributed by atoms with Gasteiger partial charge in [-0.25, -0.2) is 0 Å². The summed E-state index contributed by atoms with van der Waals surface area (Å²) in [6, 6.07) is 0. The van der Waals surface area contributed by atoms with Gasteiger partial charge in [0, 0.05) is 33.7 Å². The van der Waals surface area contributed by atoms with Crippen molar-refractivity contribution in [1.82, 2.24) is 18.8 Å². The van der Waals surface area contributed by atoms with Crippen molar-refractivity contribution in [3.05, 3.63) is 0 Å². The summed E-state index contributed by atoms with van der Waals surface area (Å²) in [5.41, 5.74) is 0. The normalized spacial score (nSPS) is 24.6. The maximum atomic E-state index is 12.4. The third-order valence-electron chi connectivity index (χ3n) is 5.37. The van der Waals surface area contributed by atoms with Crippen molar-refractivity contribution in [3.63, 3.8) is 0 Å². The number of piperidine rings is 2. The molecule has 2 rings (SSSR count). The first-order valence-electron chi connectivity index (χ1n) is 9.48. The average molecular weight is 375 g/mol. The second kappa shape index (κ2) is 9.30. The summed E-state index contributed by atoms with van der Waals surface area (Å²) in [5.74, 6) is 0.592. The number of amides is 1. The summed E-state index contributed by atoms with van der Waals surface area (Å²) in [4.78, 5) is 14.8. The van der Waals surface area contributed by atoms with Crippen LogP contribution in [0.1, 0.15) is 39.0 Å². The molecule has 2 heterocycles. The van der Waals surface area contributed by atoms with E-state index in [1.807, 2.05) is 0 Å². The van der Waals surface area contributed by atoms with Gasteiger partial charge in [-0.3, -0.25) is 4.79 Å². The van der Waals surface area contributed by atoms with Crippen LogP contribution in [0.4, 0.5) is 0 Å². The number of nitrogens with one attached hydrogen (secondary N) is 1. The summed E-state index contributed by atoms with van der Waals surface area (Å²) in [5, 5.41) is 3.00. The second-order valence-corrected chi connectivity index (χ2v) is 9.80. The molecule has 0 bridgehead atoms. The van der Waals surface area contributed by atoms with Crippen LogP contribution < -0.4 is 5.32 Å². The van der Waals surface area contributed by atoms with E-state index in [1.54, 1.807) is 0 Å². The van der Waals surface area contributed by atoms with Crippen LogP contribution in [-0.2, 0) is 15.0 Å². The Morgan fingerprint density at radius 2 is 1.84 bits per heavy atom. The predicted molar refractivity (Wildman–Crippen MR) is 99.4 cm³/mol. The largest absolute Gasteiger partial charge is 0.356 e. The van der Waals surface area contributed by atoms with Gasteiger partial charge in [0.25, 0.3) is 10.2 Å². The fourth-order valence-corrected chi connectivity index (χ4v) is 4.73. The Balaban J connectivity index is 1.70. The number of rotatable bonds is 7. The van der Waals surface area contributed by atoms with Crippen molar-refractivity contribution in [2.75, 3.05) is 53.4 Å². The summed E-state index contributed by atoms with van der Waals surface area (Å²) >= 11 is 0. The molecule has 1 amide bonds. The van der Waals surface area contributed by atoms with Gasteiger partial charge in [0.2, 0.25) is 5.91 Å². The van der Waals surface area contributed by atoms with Gasteiger partial charge in [-0.1, -0.05) is 6.92 Å². The number of carbonyl (C=O) groups excluding carboxylic acids is 1. The molecule has 2 aliphatic rings. The lowest BCUT2D eigenvalue weighted by atomic mass is 9.98. The maximum Gasteiger partial charge on any atom is 0.281 e. The summed E-state index contributed by atoms with van der Waals surface area (Å²) in [7, 11) is -0.374. The van der Waals surface area contributed by atoms with Gasteiger partial charge in [0.1, 0.15) is 0 Å². The topological polar surface area (TPSA) is 73.0 Å². The minimum atomic E-state index is -3.43.